The summed E-state index contributed by atoms with van der Waals surface area (Å²) in [6, 6.07) is 17.3. The van der Waals surface area contributed by atoms with Crippen molar-refractivity contribution in [3.05, 3.63) is 95.1 Å². The minimum atomic E-state index is -1.20. The van der Waals surface area contributed by atoms with E-state index in [1.165, 1.54) is 24.3 Å². The molecule has 0 N–H and O–H groups in total. The Bertz CT molecular complexity index is 1060. The van der Waals surface area contributed by atoms with Crippen molar-refractivity contribution in [2.45, 2.75) is 19.8 Å². The van der Waals surface area contributed by atoms with Crippen LogP contribution in [0.2, 0.25) is 0 Å². The first kappa shape index (κ1) is 21.1. The van der Waals surface area contributed by atoms with Crippen LogP contribution in [0.3, 0.4) is 0 Å². The van der Waals surface area contributed by atoms with Gasteiger partial charge in [0.1, 0.15) is 5.75 Å². The van der Waals surface area contributed by atoms with Crippen LogP contribution in [0.5, 0.6) is 11.5 Å². The van der Waals surface area contributed by atoms with Crippen LogP contribution in [0, 0.1) is 23.5 Å². The molecule has 3 rings (SSSR count). The lowest BCUT2D eigenvalue weighted by molar-refractivity contribution is 0.0726. The topological polar surface area (TPSA) is 35.5 Å². The second-order valence-electron chi connectivity index (χ2n) is 6.50. The van der Waals surface area contributed by atoms with Crippen molar-refractivity contribution in [1.82, 2.24) is 0 Å². The normalized spacial score (nSPS) is 10.1. The molecule has 152 valence electrons. The summed E-state index contributed by atoms with van der Waals surface area (Å²) < 4.78 is 37.4. The monoisotopic (exact) mass is 406 g/mol. The van der Waals surface area contributed by atoms with Gasteiger partial charge in [-0.1, -0.05) is 31.3 Å². The smallest absolute Gasteiger partial charge is 0.343 e. The largest absolute Gasteiger partial charge is 0.494 e. The summed E-state index contributed by atoms with van der Waals surface area (Å²) in [5.74, 6) is 3.36. The number of ether oxygens (including phenoxy) is 2. The molecule has 0 atom stereocenters. The van der Waals surface area contributed by atoms with Gasteiger partial charge >= 0.3 is 5.97 Å². The number of rotatable bonds is 6. The maximum atomic E-state index is 13.6. The molecule has 0 aliphatic carbocycles. The van der Waals surface area contributed by atoms with Crippen LogP contribution in [0.4, 0.5) is 8.78 Å². The van der Waals surface area contributed by atoms with E-state index in [2.05, 4.69) is 18.8 Å². The molecule has 0 saturated heterocycles. The Morgan fingerprint density at radius 1 is 0.900 bits per heavy atom. The predicted molar refractivity (Wildman–Crippen MR) is 111 cm³/mol. The van der Waals surface area contributed by atoms with Crippen molar-refractivity contribution in [2.75, 3.05) is 6.61 Å². The number of esters is 1. The van der Waals surface area contributed by atoms with Crippen molar-refractivity contribution in [3.63, 3.8) is 0 Å². The third-order valence-electron chi connectivity index (χ3n) is 4.21. The molecule has 0 spiro atoms. The van der Waals surface area contributed by atoms with Crippen LogP contribution in [-0.2, 0) is 0 Å². The summed E-state index contributed by atoms with van der Waals surface area (Å²) in [6.07, 6.45) is 2.10. The van der Waals surface area contributed by atoms with Crippen LogP contribution >= 0.6 is 0 Å². The van der Waals surface area contributed by atoms with E-state index in [1.54, 1.807) is 12.1 Å². The van der Waals surface area contributed by atoms with Crippen LogP contribution in [0.25, 0.3) is 0 Å². The van der Waals surface area contributed by atoms with Gasteiger partial charge in [0.15, 0.2) is 11.6 Å². The van der Waals surface area contributed by atoms with E-state index in [0.29, 0.717) is 12.2 Å². The number of carbonyl (C=O) groups excluding carboxylic acids is 1. The van der Waals surface area contributed by atoms with Gasteiger partial charge in [-0.3, -0.25) is 0 Å². The highest BCUT2D eigenvalue weighted by molar-refractivity contribution is 5.91. The molecule has 0 radical (unpaired) electrons. The van der Waals surface area contributed by atoms with Gasteiger partial charge in [0.05, 0.1) is 12.2 Å². The minimum Gasteiger partial charge on any atom is -0.494 e. The molecular formula is C25H20F2O3. The highest BCUT2D eigenvalue weighted by Gasteiger charge is 2.14. The first-order chi connectivity index (χ1) is 14.6. The van der Waals surface area contributed by atoms with E-state index in [9.17, 15) is 13.6 Å². The first-order valence-electron chi connectivity index (χ1n) is 9.58. The fourth-order valence-corrected chi connectivity index (χ4v) is 2.52. The van der Waals surface area contributed by atoms with Gasteiger partial charge in [-0.05, 0) is 67.1 Å². The Balaban J connectivity index is 1.62. The molecule has 0 bridgehead atoms. The summed E-state index contributed by atoms with van der Waals surface area (Å²) in [6.45, 7) is 2.81. The third-order valence-corrected chi connectivity index (χ3v) is 4.21. The van der Waals surface area contributed by atoms with Gasteiger partial charge < -0.3 is 9.47 Å². The van der Waals surface area contributed by atoms with Gasteiger partial charge in [-0.2, -0.15) is 4.39 Å². The zero-order chi connectivity index (χ0) is 21.3. The molecule has 3 aromatic rings. The third kappa shape index (κ3) is 5.68. The average molecular weight is 406 g/mol. The lowest BCUT2D eigenvalue weighted by Crippen LogP contribution is -2.09. The van der Waals surface area contributed by atoms with E-state index in [0.717, 1.165) is 30.2 Å². The fourth-order valence-electron chi connectivity index (χ4n) is 2.52. The maximum Gasteiger partial charge on any atom is 0.343 e. The van der Waals surface area contributed by atoms with Gasteiger partial charge in [-0.25, -0.2) is 9.18 Å². The standard InChI is InChI=1S/C25H20F2O3/c1-2-3-17-29-21-15-11-19(12-16-21)8-7-18-9-13-20(14-10-18)25(28)30-23-6-4-5-22(26)24(23)27/h4-6,9-16H,2-3,17H2,1H3. The molecule has 3 aromatic carbocycles. The summed E-state index contributed by atoms with van der Waals surface area (Å²) in [5, 5.41) is 0. The maximum absolute atomic E-state index is 13.6. The Morgan fingerprint density at radius 3 is 2.17 bits per heavy atom. The summed E-state index contributed by atoms with van der Waals surface area (Å²) in [4.78, 5) is 12.1. The number of unbranched alkanes of at least 4 members (excludes halogenated alkanes) is 1. The molecular weight excluding hydrogens is 386 g/mol. The summed E-state index contributed by atoms with van der Waals surface area (Å²) >= 11 is 0. The quantitative estimate of drug-likeness (QED) is 0.226. The Hall–Kier alpha value is -3.65. The van der Waals surface area contributed by atoms with Gasteiger partial charge in [0, 0.05) is 11.1 Å². The van der Waals surface area contributed by atoms with Gasteiger partial charge in [-0.15, -0.1) is 0 Å². The number of benzene rings is 3. The van der Waals surface area contributed by atoms with Crippen molar-refractivity contribution in [1.29, 1.82) is 0 Å². The number of hydrogen-bond donors (Lipinski definition) is 0. The van der Waals surface area contributed by atoms with E-state index >= 15 is 0 Å². The number of carbonyl (C=O) groups is 1. The summed E-state index contributed by atoms with van der Waals surface area (Å²) in [7, 11) is 0. The zero-order valence-electron chi connectivity index (χ0n) is 16.5. The molecule has 0 aromatic heterocycles. The fraction of sp³-hybridized carbons (Fsp3) is 0.160. The lowest BCUT2D eigenvalue weighted by atomic mass is 10.1. The molecule has 0 unspecified atom stereocenters. The Morgan fingerprint density at radius 2 is 1.53 bits per heavy atom. The van der Waals surface area contributed by atoms with Crippen molar-refractivity contribution in [2.24, 2.45) is 0 Å². The molecule has 0 saturated carbocycles. The first-order valence-corrected chi connectivity index (χ1v) is 9.58. The van der Waals surface area contributed by atoms with Crippen molar-refractivity contribution in [3.8, 4) is 23.3 Å². The molecule has 0 aliphatic rings. The Labute approximate surface area is 174 Å². The number of hydrogen-bond acceptors (Lipinski definition) is 3. The minimum absolute atomic E-state index is 0.206. The van der Waals surface area contributed by atoms with E-state index in [1.807, 2.05) is 24.3 Å². The van der Waals surface area contributed by atoms with Gasteiger partial charge in [0.25, 0.3) is 0 Å². The van der Waals surface area contributed by atoms with Crippen LogP contribution in [0.1, 0.15) is 41.3 Å². The molecule has 3 nitrogen and oxygen atoms in total. The average Bonchev–Trinajstić information content (AvgIpc) is 2.77. The van der Waals surface area contributed by atoms with E-state index in [4.69, 9.17) is 9.47 Å². The molecule has 0 amide bonds. The van der Waals surface area contributed by atoms with Crippen LogP contribution in [-0.4, -0.2) is 12.6 Å². The highest BCUT2D eigenvalue weighted by Crippen LogP contribution is 2.20. The Kier molecular flexibility index (Phi) is 7.18. The zero-order valence-corrected chi connectivity index (χ0v) is 16.5. The van der Waals surface area contributed by atoms with Crippen LogP contribution < -0.4 is 9.47 Å². The molecule has 30 heavy (non-hydrogen) atoms. The van der Waals surface area contributed by atoms with Crippen LogP contribution in [0.15, 0.2) is 66.7 Å². The van der Waals surface area contributed by atoms with Gasteiger partial charge in [0.2, 0.25) is 5.82 Å². The van der Waals surface area contributed by atoms with E-state index in [-0.39, 0.29) is 5.56 Å². The van der Waals surface area contributed by atoms with E-state index < -0.39 is 23.4 Å². The summed E-state index contributed by atoms with van der Waals surface area (Å²) in [5.41, 5.74) is 1.74. The highest BCUT2D eigenvalue weighted by atomic mass is 19.2. The molecule has 5 heteroatoms. The van der Waals surface area contributed by atoms with Crippen molar-refractivity contribution >= 4 is 5.97 Å². The second kappa shape index (κ2) is 10.2. The second-order valence-corrected chi connectivity index (χ2v) is 6.50. The molecule has 0 fully saturated rings. The number of halogens is 2. The predicted octanol–water partition coefficient (Wildman–Crippen LogP) is 5.76. The molecule has 0 aliphatic heterocycles. The SMILES string of the molecule is CCCCOc1ccc(C#Cc2ccc(C(=O)Oc3cccc(F)c3F)cc2)cc1. The lowest BCUT2D eigenvalue weighted by Gasteiger charge is -2.05. The molecule has 0 heterocycles. The van der Waals surface area contributed by atoms with Crippen molar-refractivity contribution < 1.29 is 23.0 Å².